The van der Waals surface area contributed by atoms with Gasteiger partial charge in [0.1, 0.15) is 5.75 Å². The highest BCUT2D eigenvalue weighted by atomic mass is 32.2. The monoisotopic (exact) mass is 319 g/mol. The summed E-state index contributed by atoms with van der Waals surface area (Å²) >= 11 is 0. The second kappa shape index (κ2) is 7.42. The van der Waals surface area contributed by atoms with Crippen LogP contribution in [0.1, 0.15) is 16.7 Å². The van der Waals surface area contributed by atoms with Crippen molar-refractivity contribution in [1.82, 2.24) is 4.72 Å². The zero-order valence-corrected chi connectivity index (χ0v) is 13.7. The molecule has 0 aromatic heterocycles. The Balaban J connectivity index is 1.93. The number of benzene rings is 2. The average Bonchev–Trinajstić information content (AvgIpc) is 2.47. The van der Waals surface area contributed by atoms with Crippen molar-refractivity contribution in [2.24, 2.45) is 0 Å². The first-order valence-corrected chi connectivity index (χ1v) is 8.80. The van der Waals surface area contributed by atoms with Gasteiger partial charge in [0.05, 0.1) is 12.9 Å². The quantitative estimate of drug-likeness (QED) is 0.853. The van der Waals surface area contributed by atoms with Gasteiger partial charge >= 0.3 is 0 Å². The molecule has 0 unspecified atom stereocenters. The van der Waals surface area contributed by atoms with Gasteiger partial charge < -0.3 is 4.74 Å². The Hall–Kier alpha value is -1.85. The summed E-state index contributed by atoms with van der Waals surface area (Å²) in [7, 11) is -1.72. The van der Waals surface area contributed by atoms with Crippen molar-refractivity contribution in [2.75, 3.05) is 13.7 Å². The van der Waals surface area contributed by atoms with E-state index >= 15 is 0 Å². The number of sulfonamides is 1. The normalized spacial score (nSPS) is 11.4. The minimum absolute atomic E-state index is 0.000600. The van der Waals surface area contributed by atoms with Crippen molar-refractivity contribution in [3.63, 3.8) is 0 Å². The largest absolute Gasteiger partial charge is 0.496 e. The number of aryl methyl sites for hydroxylation is 1. The standard InChI is InChI=1S/C17H21NO3S/c1-14-6-5-7-15(12-14)13-22(19,20)18-11-10-16-8-3-4-9-17(16)21-2/h3-9,12,18H,10-11,13H2,1-2H3. The lowest BCUT2D eigenvalue weighted by molar-refractivity contribution is 0.409. The molecule has 2 aromatic carbocycles. The van der Waals surface area contributed by atoms with E-state index in [9.17, 15) is 8.42 Å². The molecule has 0 radical (unpaired) electrons. The Morgan fingerprint density at radius 3 is 2.59 bits per heavy atom. The zero-order chi connectivity index (χ0) is 16.0. The van der Waals surface area contributed by atoms with Gasteiger partial charge in [-0.1, -0.05) is 48.0 Å². The lowest BCUT2D eigenvalue weighted by atomic mass is 10.1. The Morgan fingerprint density at radius 2 is 1.86 bits per heavy atom. The summed E-state index contributed by atoms with van der Waals surface area (Å²) in [6, 6.07) is 15.2. The van der Waals surface area contributed by atoms with E-state index in [0.717, 1.165) is 22.4 Å². The van der Waals surface area contributed by atoms with Crippen LogP contribution in [0.4, 0.5) is 0 Å². The van der Waals surface area contributed by atoms with E-state index in [2.05, 4.69) is 4.72 Å². The van der Waals surface area contributed by atoms with Crippen molar-refractivity contribution >= 4 is 10.0 Å². The van der Waals surface area contributed by atoms with Gasteiger partial charge in [-0.15, -0.1) is 0 Å². The Labute approximate surface area is 132 Å². The highest BCUT2D eigenvalue weighted by molar-refractivity contribution is 7.88. The number of para-hydroxylation sites is 1. The molecule has 2 aromatic rings. The molecular weight excluding hydrogens is 298 g/mol. The predicted octanol–water partition coefficient (Wildman–Crippen LogP) is 2.67. The van der Waals surface area contributed by atoms with Gasteiger partial charge in [0.15, 0.2) is 0 Å². The number of hydrogen-bond acceptors (Lipinski definition) is 3. The van der Waals surface area contributed by atoms with Crippen LogP contribution in [-0.4, -0.2) is 22.1 Å². The SMILES string of the molecule is COc1ccccc1CCNS(=O)(=O)Cc1cccc(C)c1. The smallest absolute Gasteiger partial charge is 0.215 e. The first kappa shape index (κ1) is 16.5. The minimum Gasteiger partial charge on any atom is -0.496 e. The second-order valence-corrected chi connectivity index (χ2v) is 7.01. The van der Waals surface area contributed by atoms with Crippen LogP contribution in [0.5, 0.6) is 5.75 Å². The van der Waals surface area contributed by atoms with Gasteiger partial charge in [-0.3, -0.25) is 0 Å². The van der Waals surface area contributed by atoms with E-state index < -0.39 is 10.0 Å². The van der Waals surface area contributed by atoms with Gasteiger partial charge in [0.25, 0.3) is 0 Å². The summed E-state index contributed by atoms with van der Waals surface area (Å²) in [5.41, 5.74) is 2.84. The van der Waals surface area contributed by atoms with Crippen molar-refractivity contribution in [3.05, 3.63) is 65.2 Å². The molecule has 0 atom stereocenters. The third-order valence-electron chi connectivity index (χ3n) is 3.35. The second-order valence-electron chi connectivity index (χ2n) is 5.20. The lowest BCUT2D eigenvalue weighted by Gasteiger charge is -2.10. The molecule has 1 N–H and O–H groups in total. The lowest BCUT2D eigenvalue weighted by Crippen LogP contribution is -2.27. The van der Waals surface area contributed by atoms with E-state index in [-0.39, 0.29) is 5.75 Å². The number of rotatable bonds is 7. The third-order valence-corrected chi connectivity index (χ3v) is 4.71. The molecule has 0 heterocycles. The molecule has 0 aliphatic carbocycles. The van der Waals surface area contributed by atoms with Crippen molar-refractivity contribution in [3.8, 4) is 5.75 Å². The van der Waals surface area contributed by atoms with Crippen LogP contribution in [0.25, 0.3) is 0 Å². The average molecular weight is 319 g/mol. The predicted molar refractivity (Wildman–Crippen MR) is 88.5 cm³/mol. The molecule has 2 rings (SSSR count). The summed E-state index contributed by atoms with van der Waals surface area (Å²) in [5.74, 6) is 0.779. The molecule has 22 heavy (non-hydrogen) atoms. The highest BCUT2D eigenvalue weighted by Crippen LogP contribution is 2.17. The van der Waals surface area contributed by atoms with Crippen LogP contribution in [0, 0.1) is 6.92 Å². The number of nitrogens with one attached hydrogen (secondary N) is 1. The van der Waals surface area contributed by atoms with Crippen LogP contribution in [0.2, 0.25) is 0 Å². The van der Waals surface area contributed by atoms with E-state index in [4.69, 9.17) is 4.74 Å². The van der Waals surface area contributed by atoms with Gasteiger partial charge in [-0.25, -0.2) is 13.1 Å². The number of methoxy groups -OCH3 is 1. The molecule has 0 saturated carbocycles. The minimum atomic E-state index is -3.33. The highest BCUT2D eigenvalue weighted by Gasteiger charge is 2.11. The van der Waals surface area contributed by atoms with Gasteiger partial charge in [-0.2, -0.15) is 0 Å². The van der Waals surface area contributed by atoms with Crippen LogP contribution >= 0.6 is 0 Å². The number of ether oxygens (including phenoxy) is 1. The van der Waals surface area contributed by atoms with E-state index in [1.54, 1.807) is 7.11 Å². The first-order valence-electron chi connectivity index (χ1n) is 7.15. The van der Waals surface area contributed by atoms with Gasteiger partial charge in [-0.05, 0) is 30.5 Å². The summed E-state index contributed by atoms with van der Waals surface area (Å²) in [5, 5.41) is 0. The van der Waals surface area contributed by atoms with Crippen molar-refractivity contribution in [2.45, 2.75) is 19.1 Å². The maximum atomic E-state index is 12.1. The fourth-order valence-electron chi connectivity index (χ4n) is 2.32. The fraction of sp³-hybridized carbons (Fsp3) is 0.294. The molecule has 5 heteroatoms. The van der Waals surface area contributed by atoms with E-state index in [1.807, 2.05) is 55.5 Å². The van der Waals surface area contributed by atoms with Crippen LogP contribution in [0.3, 0.4) is 0 Å². The molecule has 0 fully saturated rings. The number of hydrogen-bond donors (Lipinski definition) is 1. The van der Waals surface area contributed by atoms with Crippen molar-refractivity contribution < 1.29 is 13.2 Å². The molecule has 0 bridgehead atoms. The van der Waals surface area contributed by atoms with Crippen molar-refractivity contribution in [1.29, 1.82) is 0 Å². The first-order chi connectivity index (χ1) is 10.5. The molecule has 0 aliphatic heterocycles. The summed E-state index contributed by atoms with van der Waals surface area (Å²) in [6.07, 6.45) is 0.594. The Morgan fingerprint density at radius 1 is 1.09 bits per heavy atom. The Kier molecular flexibility index (Phi) is 5.57. The van der Waals surface area contributed by atoms with E-state index in [1.165, 1.54) is 0 Å². The van der Waals surface area contributed by atoms with Crippen LogP contribution in [0.15, 0.2) is 48.5 Å². The molecule has 0 amide bonds. The topological polar surface area (TPSA) is 55.4 Å². The fourth-order valence-corrected chi connectivity index (χ4v) is 3.46. The maximum absolute atomic E-state index is 12.1. The molecule has 0 spiro atoms. The summed E-state index contributed by atoms with van der Waals surface area (Å²) in [6.45, 7) is 2.31. The molecular formula is C17H21NO3S. The zero-order valence-electron chi connectivity index (χ0n) is 12.9. The molecule has 118 valence electrons. The molecule has 4 nitrogen and oxygen atoms in total. The maximum Gasteiger partial charge on any atom is 0.215 e. The summed E-state index contributed by atoms with van der Waals surface area (Å²) < 4.78 is 32.1. The Bertz CT molecular complexity index is 726. The summed E-state index contributed by atoms with van der Waals surface area (Å²) in [4.78, 5) is 0. The third kappa shape index (κ3) is 4.86. The van der Waals surface area contributed by atoms with Crippen LogP contribution in [-0.2, 0) is 22.2 Å². The van der Waals surface area contributed by atoms with Crippen LogP contribution < -0.4 is 9.46 Å². The molecule has 0 saturated heterocycles. The van der Waals surface area contributed by atoms with Gasteiger partial charge in [0.2, 0.25) is 10.0 Å². The van der Waals surface area contributed by atoms with E-state index in [0.29, 0.717) is 13.0 Å². The molecule has 0 aliphatic rings. The van der Waals surface area contributed by atoms with Gasteiger partial charge in [0, 0.05) is 6.54 Å².